The second kappa shape index (κ2) is 13.9. The Kier molecular flexibility index (Phi) is 10.3. The molecule has 0 spiro atoms. The van der Waals surface area contributed by atoms with E-state index in [0.717, 1.165) is 5.56 Å². The van der Waals surface area contributed by atoms with Crippen molar-refractivity contribution in [2.75, 3.05) is 25.6 Å². The topological polar surface area (TPSA) is 135 Å². The molecular weight excluding hydrogens is 554 g/mol. The van der Waals surface area contributed by atoms with Crippen LogP contribution in [0.15, 0.2) is 58.1 Å². The Bertz CT molecular complexity index is 1370. The summed E-state index contributed by atoms with van der Waals surface area (Å²) in [7, 11) is 1.52. The first-order valence-corrected chi connectivity index (χ1v) is 12.2. The average Bonchev–Trinajstić information content (AvgIpc) is 2.90. The van der Waals surface area contributed by atoms with Crippen LogP contribution in [0, 0.1) is 25.2 Å². The van der Waals surface area contributed by atoms with Gasteiger partial charge in [-0.2, -0.15) is 10.4 Å². The highest BCUT2D eigenvalue weighted by atomic mass is 79.9. The first-order valence-electron chi connectivity index (χ1n) is 11.4. The minimum atomic E-state index is -0.527. The lowest BCUT2D eigenvalue weighted by molar-refractivity contribution is -0.123. The van der Waals surface area contributed by atoms with Crippen LogP contribution >= 0.6 is 15.9 Å². The summed E-state index contributed by atoms with van der Waals surface area (Å²) in [5, 5.41) is 16.2. The van der Waals surface area contributed by atoms with E-state index in [1.165, 1.54) is 13.3 Å². The van der Waals surface area contributed by atoms with Crippen LogP contribution in [0.3, 0.4) is 0 Å². The number of nitrogens with one attached hydrogen (secondary N) is 2. The van der Waals surface area contributed by atoms with E-state index in [-0.39, 0.29) is 37.2 Å². The largest absolute Gasteiger partial charge is 0.484 e. The molecule has 2 amide bonds. The second-order valence-electron chi connectivity index (χ2n) is 8.07. The van der Waals surface area contributed by atoms with Gasteiger partial charge in [-0.05, 0) is 77.3 Å². The van der Waals surface area contributed by atoms with Crippen molar-refractivity contribution in [2.24, 2.45) is 5.10 Å². The van der Waals surface area contributed by atoms with Crippen LogP contribution in [0.5, 0.6) is 11.6 Å². The van der Waals surface area contributed by atoms with E-state index < -0.39 is 5.91 Å². The Morgan fingerprint density at radius 2 is 1.84 bits per heavy atom. The van der Waals surface area contributed by atoms with Crippen molar-refractivity contribution in [3.63, 3.8) is 0 Å². The molecule has 0 saturated heterocycles. The summed E-state index contributed by atoms with van der Waals surface area (Å²) in [6.07, 6.45) is 1.45. The maximum Gasteiger partial charge on any atom is 0.278 e. The molecule has 0 bridgehead atoms. The molecule has 11 heteroatoms. The normalized spacial score (nSPS) is 10.6. The molecule has 38 heavy (non-hydrogen) atoms. The zero-order valence-electron chi connectivity index (χ0n) is 21.1. The maximum absolute atomic E-state index is 12.2. The van der Waals surface area contributed by atoms with E-state index in [9.17, 15) is 14.9 Å². The summed E-state index contributed by atoms with van der Waals surface area (Å²) < 4.78 is 16.8. The molecule has 0 aliphatic heterocycles. The van der Waals surface area contributed by atoms with Crippen LogP contribution in [-0.4, -0.2) is 43.3 Å². The zero-order chi connectivity index (χ0) is 27.5. The summed E-state index contributed by atoms with van der Waals surface area (Å²) in [4.78, 5) is 28.5. The average molecular weight is 580 g/mol. The SMILES string of the molecule is COCc1c(Br)c(C)nc(OCC(=O)N/N=C\c2ccc(OCC(=O)Nc3cccc(C)c3)cc2)c1C#N. The smallest absolute Gasteiger partial charge is 0.278 e. The van der Waals surface area contributed by atoms with Crippen molar-refractivity contribution >= 4 is 39.6 Å². The minimum Gasteiger partial charge on any atom is -0.484 e. The molecular formula is C27H26BrN5O5. The molecule has 0 fully saturated rings. The van der Waals surface area contributed by atoms with Crippen LogP contribution in [0.1, 0.15) is 27.9 Å². The molecule has 0 radical (unpaired) electrons. The molecule has 1 heterocycles. The fourth-order valence-electron chi connectivity index (χ4n) is 3.28. The first-order chi connectivity index (χ1) is 18.3. The Morgan fingerprint density at radius 1 is 1.11 bits per heavy atom. The van der Waals surface area contributed by atoms with Gasteiger partial charge in [0, 0.05) is 22.8 Å². The lowest BCUT2D eigenvalue weighted by Crippen LogP contribution is -2.25. The fraction of sp³-hybridized carbons (Fsp3) is 0.222. The number of halogens is 1. The van der Waals surface area contributed by atoms with Crippen LogP contribution in [-0.2, 0) is 20.9 Å². The van der Waals surface area contributed by atoms with Gasteiger partial charge in [0.2, 0.25) is 5.88 Å². The third-order valence-electron chi connectivity index (χ3n) is 5.06. The molecule has 0 aliphatic rings. The van der Waals surface area contributed by atoms with Gasteiger partial charge in [0.25, 0.3) is 11.8 Å². The quantitative estimate of drug-likeness (QED) is 0.258. The third-order valence-corrected chi connectivity index (χ3v) is 6.12. The number of anilines is 1. The molecule has 0 aliphatic carbocycles. The van der Waals surface area contributed by atoms with E-state index >= 15 is 0 Å². The molecule has 0 saturated carbocycles. The number of hydrogen-bond donors (Lipinski definition) is 2. The lowest BCUT2D eigenvalue weighted by Gasteiger charge is -2.13. The number of methoxy groups -OCH3 is 1. The van der Waals surface area contributed by atoms with Crippen LogP contribution in [0.2, 0.25) is 0 Å². The fourth-order valence-corrected chi connectivity index (χ4v) is 3.68. The number of nitrogens with zero attached hydrogens (tertiary/aromatic N) is 3. The molecule has 2 N–H and O–H groups in total. The number of benzene rings is 2. The van der Waals surface area contributed by atoms with Crippen molar-refractivity contribution in [1.82, 2.24) is 10.4 Å². The van der Waals surface area contributed by atoms with E-state index in [4.69, 9.17) is 14.2 Å². The Labute approximate surface area is 228 Å². The molecule has 0 unspecified atom stereocenters. The Balaban J connectivity index is 1.47. The lowest BCUT2D eigenvalue weighted by atomic mass is 10.1. The van der Waals surface area contributed by atoms with E-state index in [0.29, 0.717) is 32.7 Å². The highest BCUT2D eigenvalue weighted by Gasteiger charge is 2.18. The second-order valence-corrected chi connectivity index (χ2v) is 8.86. The zero-order valence-corrected chi connectivity index (χ0v) is 22.7. The Morgan fingerprint density at radius 3 is 2.53 bits per heavy atom. The van der Waals surface area contributed by atoms with Crippen LogP contribution in [0.4, 0.5) is 5.69 Å². The molecule has 2 aromatic carbocycles. The van der Waals surface area contributed by atoms with E-state index in [1.54, 1.807) is 31.2 Å². The number of carbonyl (C=O) groups excluding carboxylic acids is 2. The summed E-state index contributed by atoms with van der Waals surface area (Å²) in [5.74, 6) is -0.239. The van der Waals surface area contributed by atoms with E-state index in [2.05, 4.69) is 36.8 Å². The molecule has 1 aromatic heterocycles. The van der Waals surface area contributed by atoms with Crippen LogP contribution < -0.4 is 20.2 Å². The third kappa shape index (κ3) is 8.12. The predicted molar refractivity (Wildman–Crippen MR) is 145 cm³/mol. The highest BCUT2D eigenvalue weighted by Crippen LogP contribution is 2.29. The summed E-state index contributed by atoms with van der Waals surface area (Å²) >= 11 is 3.40. The number of hydrazone groups is 1. The number of pyridine rings is 1. The molecule has 196 valence electrons. The number of ether oxygens (including phenoxy) is 3. The van der Waals surface area contributed by atoms with Gasteiger partial charge in [0.1, 0.15) is 17.4 Å². The molecule has 10 nitrogen and oxygen atoms in total. The van der Waals surface area contributed by atoms with Crippen molar-refractivity contribution in [1.29, 1.82) is 5.26 Å². The van der Waals surface area contributed by atoms with E-state index in [1.807, 2.05) is 37.3 Å². The predicted octanol–water partition coefficient (Wildman–Crippen LogP) is 4.03. The minimum absolute atomic E-state index is 0.0440. The number of aryl methyl sites for hydroxylation is 2. The van der Waals surface area contributed by atoms with Crippen molar-refractivity contribution < 1.29 is 23.8 Å². The van der Waals surface area contributed by atoms with Gasteiger partial charge >= 0.3 is 0 Å². The van der Waals surface area contributed by atoms with Gasteiger partial charge in [0.15, 0.2) is 13.2 Å². The number of hydrogen-bond acceptors (Lipinski definition) is 8. The summed E-state index contributed by atoms with van der Waals surface area (Å²) in [6.45, 7) is 3.36. The van der Waals surface area contributed by atoms with Gasteiger partial charge in [-0.3, -0.25) is 9.59 Å². The highest BCUT2D eigenvalue weighted by molar-refractivity contribution is 9.10. The van der Waals surface area contributed by atoms with Gasteiger partial charge in [-0.1, -0.05) is 12.1 Å². The molecule has 3 rings (SSSR count). The number of carbonyl (C=O) groups is 2. The number of aromatic nitrogens is 1. The number of rotatable bonds is 11. The van der Waals surface area contributed by atoms with Crippen LogP contribution in [0.25, 0.3) is 0 Å². The monoisotopic (exact) mass is 579 g/mol. The van der Waals surface area contributed by atoms with Gasteiger partial charge in [0.05, 0.1) is 18.5 Å². The van der Waals surface area contributed by atoms with Crippen molar-refractivity contribution in [2.45, 2.75) is 20.5 Å². The summed E-state index contributed by atoms with van der Waals surface area (Å²) in [6, 6.07) is 16.4. The summed E-state index contributed by atoms with van der Waals surface area (Å²) in [5.41, 5.74) is 6.20. The van der Waals surface area contributed by atoms with Gasteiger partial charge < -0.3 is 19.5 Å². The Hall–Kier alpha value is -4.27. The van der Waals surface area contributed by atoms with Gasteiger partial charge in [-0.25, -0.2) is 10.4 Å². The first kappa shape index (κ1) is 28.3. The number of amides is 2. The molecule has 0 atom stereocenters. The standard InChI is InChI=1S/C27H26BrN5O5/c1-17-5-4-6-20(11-17)32-24(34)15-37-21-9-7-19(8-10-21)13-30-33-25(35)16-38-27-22(12-29)23(14-36-3)26(28)18(2)31-27/h4-11,13H,14-16H2,1-3H3,(H,32,34)(H,33,35)/b30-13-. The van der Waals surface area contributed by atoms with Crippen molar-refractivity contribution in [3.8, 4) is 17.7 Å². The maximum atomic E-state index is 12.2. The molecule has 3 aromatic rings. The van der Waals surface area contributed by atoms with Gasteiger partial charge in [-0.15, -0.1) is 0 Å². The van der Waals surface area contributed by atoms with Crippen molar-refractivity contribution in [3.05, 3.63) is 81.0 Å². The number of nitriles is 1.